The first-order valence-corrected chi connectivity index (χ1v) is 5.67. The number of anilines is 1. The van der Waals surface area contributed by atoms with E-state index in [0.29, 0.717) is 5.69 Å². The molecule has 4 heteroatoms. The molecule has 1 aliphatic rings. The Balaban J connectivity index is 2.47. The van der Waals surface area contributed by atoms with Crippen LogP contribution in [0.5, 0.6) is 0 Å². The number of hydrogen-bond donors (Lipinski definition) is 0. The zero-order valence-electron chi connectivity index (χ0n) is 10.5. The van der Waals surface area contributed by atoms with E-state index in [-0.39, 0.29) is 5.78 Å². The third-order valence-electron chi connectivity index (χ3n) is 2.83. The molecule has 0 radical (unpaired) electrons. The fourth-order valence-corrected chi connectivity index (χ4v) is 1.99. The molecule has 0 atom stereocenters. The van der Waals surface area contributed by atoms with Gasteiger partial charge in [0.25, 0.3) is 0 Å². The van der Waals surface area contributed by atoms with Gasteiger partial charge in [0, 0.05) is 45.7 Å². The number of ketones is 1. The van der Waals surface area contributed by atoms with Gasteiger partial charge in [0.15, 0.2) is 0 Å². The van der Waals surface area contributed by atoms with Gasteiger partial charge in [-0.2, -0.15) is 0 Å². The van der Waals surface area contributed by atoms with E-state index in [4.69, 9.17) is 0 Å². The highest BCUT2D eigenvalue weighted by atomic mass is 16.1. The molecule has 2 heterocycles. The van der Waals surface area contributed by atoms with Gasteiger partial charge in [0.2, 0.25) is 5.78 Å². The van der Waals surface area contributed by atoms with Crippen LogP contribution in [-0.4, -0.2) is 43.4 Å². The maximum atomic E-state index is 12.3. The monoisotopic (exact) mass is 231 g/mol. The summed E-state index contributed by atoms with van der Waals surface area (Å²) in [5, 5.41) is 0. The van der Waals surface area contributed by atoms with Crippen LogP contribution >= 0.6 is 0 Å². The molecule has 4 nitrogen and oxygen atoms in total. The first-order chi connectivity index (χ1) is 8.09. The average Bonchev–Trinajstić information content (AvgIpc) is 2.42. The van der Waals surface area contributed by atoms with Crippen LogP contribution in [0.25, 0.3) is 0 Å². The van der Waals surface area contributed by atoms with Gasteiger partial charge in [0.1, 0.15) is 5.69 Å². The Morgan fingerprint density at radius 2 is 2.24 bits per heavy atom. The molecule has 1 aliphatic heterocycles. The highest BCUT2D eigenvalue weighted by Crippen LogP contribution is 2.25. The van der Waals surface area contributed by atoms with Crippen molar-refractivity contribution in [2.45, 2.75) is 6.42 Å². The second kappa shape index (κ2) is 4.57. The van der Waals surface area contributed by atoms with Crippen LogP contribution in [0, 0.1) is 0 Å². The van der Waals surface area contributed by atoms with Gasteiger partial charge >= 0.3 is 0 Å². The van der Waals surface area contributed by atoms with Crippen LogP contribution in [0.4, 0.5) is 5.69 Å². The minimum atomic E-state index is 0.0404. The van der Waals surface area contributed by atoms with Gasteiger partial charge in [0.05, 0.1) is 5.69 Å². The van der Waals surface area contributed by atoms with Crippen LogP contribution in [0.3, 0.4) is 0 Å². The zero-order chi connectivity index (χ0) is 12.4. The van der Waals surface area contributed by atoms with E-state index in [1.54, 1.807) is 6.20 Å². The molecule has 17 heavy (non-hydrogen) atoms. The van der Waals surface area contributed by atoms with E-state index in [1.807, 2.05) is 44.4 Å². The van der Waals surface area contributed by atoms with Gasteiger partial charge in [-0.25, -0.2) is 0 Å². The Labute approximate surface area is 102 Å². The first kappa shape index (κ1) is 11.6. The lowest BCUT2D eigenvalue weighted by molar-refractivity contribution is 0.102. The fourth-order valence-electron chi connectivity index (χ4n) is 1.99. The Morgan fingerprint density at radius 3 is 2.94 bits per heavy atom. The van der Waals surface area contributed by atoms with Crippen molar-refractivity contribution in [3.8, 4) is 0 Å². The SMILES string of the molecule is CN(C)/C=C1/CCN(C)c2cccnc2C1=O. The highest BCUT2D eigenvalue weighted by Gasteiger charge is 2.23. The lowest BCUT2D eigenvalue weighted by Gasteiger charge is -2.17. The molecule has 0 bridgehead atoms. The highest BCUT2D eigenvalue weighted by molar-refractivity contribution is 6.11. The maximum absolute atomic E-state index is 12.3. The molecule has 2 rings (SSSR count). The molecule has 0 saturated carbocycles. The van der Waals surface area contributed by atoms with Crippen LogP contribution in [0.15, 0.2) is 30.1 Å². The van der Waals surface area contributed by atoms with Crippen molar-refractivity contribution in [3.05, 3.63) is 35.8 Å². The molecular formula is C13H17N3O. The Bertz CT molecular complexity index is 465. The number of Topliss-reactive ketones (excluding diaryl/α,β-unsaturated/α-hetero) is 1. The maximum Gasteiger partial charge on any atom is 0.210 e. The number of rotatable bonds is 1. The van der Waals surface area contributed by atoms with Crippen LogP contribution < -0.4 is 4.90 Å². The molecule has 0 aliphatic carbocycles. The van der Waals surface area contributed by atoms with Gasteiger partial charge in [-0.3, -0.25) is 9.78 Å². The van der Waals surface area contributed by atoms with Gasteiger partial charge in [-0.15, -0.1) is 0 Å². The second-order valence-electron chi connectivity index (χ2n) is 4.49. The number of fused-ring (bicyclic) bond motifs is 1. The quantitative estimate of drug-likeness (QED) is 0.687. The first-order valence-electron chi connectivity index (χ1n) is 5.67. The number of carbonyl (C=O) groups is 1. The molecule has 1 aromatic heterocycles. The summed E-state index contributed by atoms with van der Waals surface area (Å²) in [5.41, 5.74) is 2.29. The van der Waals surface area contributed by atoms with Crippen LogP contribution in [0.2, 0.25) is 0 Å². The predicted molar refractivity (Wildman–Crippen MR) is 68.2 cm³/mol. The molecule has 1 aromatic rings. The molecule has 0 fully saturated rings. The smallest absolute Gasteiger partial charge is 0.210 e. The molecule has 0 amide bonds. The summed E-state index contributed by atoms with van der Waals surface area (Å²) in [5.74, 6) is 0.0404. The van der Waals surface area contributed by atoms with E-state index < -0.39 is 0 Å². The second-order valence-corrected chi connectivity index (χ2v) is 4.49. The van der Waals surface area contributed by atoms with Crippen LogP contribution in [0.1, 0.15) is 16.9 Å². The normalized spacial score (nSPS) is 17.9. The minimum Gasteiger partial charge on any atom is -0.383 e. The van der Waals surface area contributed by atoms with Gasteiger partial charge in [-0.1, -0.05) is 0 Å². The third kappa shape index (κ3) is 2.30. The summed E-state index contributed by atoms with van der Waals surface area (Å²) >= 11 is 0. The van der Waals surface area contributed by atoms with Crippen molar-refractivity contribution in [1.29, 1.82) is 0 Å². The Morgan fingerprint density at radius 1 is 1.47 bits per heavy atom. The Hall–Kier alpha value is -1.84. The van der Waals surface area contributed by atoms with Crippen molar-refractivity contribution >= 4 is 11.5 Å². The van der Waals surface area contributed by atoms with Gasteiger partial charge in [-0.05, 0) is 18.6 Å². The molecule has 0 N–H and O–H groups in total. The van der Waals surface area contributed by atoms with E-state index >= 15 is 0 Å². The topological polar surface area (TPSA) is 36.4 Å². The number of nitrogens with zero attached hydrogens (tertiary/aromatic N) is 3. The minimum absolute atomic E-state index is 0.0404. The summed E-state index contributed by atoms with van der Waals surface area (Å²) in [7, 11) is 5.84. The lowest BCUT2D eigenvalue weighted by atomic mass is 10.1. The fraction of sp³-hybridized carbons (Fsp3) is 0.385. The van der Waals surface area contributed by atoms with Crippen LogP contribution in [-0.2, 0) is 0 Å². The summed E-state index contributed by atoms with van der Waals surface area (Å²) in [4.78, 5) is 20.5. The van der Waals surface area contributed by atoms with E-state index in [1.165, 1.54) is 0 Å². The van der Waals surface area contributed by atoms with Crippen molar-refractivity contribution in [2.24, 2.45) is 0 Å². The number of aromatic nitrogens is 1. The lowest BCUT2D eigenvalue weighted by Crippen LogP contribution is -2.18. The largest absolute Gasteiger partial charge is 0.383 e. The summed E-state index contributed by atoms with van der Waals surface area (Å²) in [6.07, 6.45) is 4.31. The molecule has 0 saturated heterocycles. The van der Waals surface area contributed by atoms with Crippen molar-refractivity contribution < 1.29 is 4.79 Å². The molecule has 0 aromatic carbocycles. The predicted octanol–water partition coefficient (Wildman–Crippen LogP) is 1.55. The van der Waals surface area contributed by atoms with Crippen molar-refractivity contribution in [1.82, 2.24) is 9.88 Å². The van der Waals surface area contributed by atoms with Crippen molar-refractivity contribution in [3.63, 3.8) is 0 Å². The number of carbonyl (C=O) groups excluding carboxylic acids is 1. The number of pyridine rings is 1. The van der Waals surface area contributed by atoms with Gasteiger partial charge < -0.3 is 9.80 Å². The third-order valence-corrected chi connectivity index (χ3v) is 2.83. The van der Waals surface area contributed by atoms with E-state index in [0.717, 1.165) is 24.2 Å². The number of hydrogen-bond acceptors (Lipinski definition) is 4. The Kier molecular flexibility index (Phi) is 3.13. The molecular weight excluding hydrogens is 214 g/mol. The summed E-state index contributed by atoms with van der Waals surface area (Å²) in [6, 6.07) is 3.81. The molecule has 0 spiro atoms. The van der Waals surface area contributed by atoms with E-state index in [2.05, 4.69) is 9.88 Å². The standard InChI is InChI=1S/C13H17N3O/c1-15(2)9-10-6-8-16(3)11-5-4-7-14-12(11)13(10)17/h4-5,7,9H,6,8H2,1-3H3/b10-9-. The molecule has 90 valence electrons. The average molecular weight is 231 g/mol. The van der Waals surface area contributed by atoms with E-state index in [9.17, 15) is 4.79 Å². The molecule has 0 unspecified atom stereocenters. The summed E-state index contributed by atoms with van der Waals surface area (Å²) in [6.45, 7) is 0.837. The summed E-state index contributed by atoms with van der Waals surface area (Å²) < 4.78 is 0. The zero-order valence-corrected chi connectivity index (χ0v) is 10.5. The van der Waals surface area contributed by atoms with Crippen molar-refractivity contribution in [2.75, 3.05) is 32.6 Å².